The Balaban J connectivity index is 3.57. The molecule has 0 saturated carbocycles. The minimum Gasteiger partial charge on any atom is -0.396 e. The number of aliphatic hydroxyl groups excluding tert-OH is 1. The monoisotopic (exact) mass is 186 g/mol. The van der Waals surface area contributed by atoms with Gasteiger partial charge in [0.1, 0.15) is 6.79 Å². The van der Waals surface area contributed by atoms with Crippen molar-refractivity contribution in [3.63, 3.8) is 0 Å². The summed E-state index contributed by atoms with van der Waals surface area (Å²) >= 11 is 0. The number of methoxy groups -OCH3 is 1. The largest absolute Gasteiger partial charge is 0.396 e. The molecular weight excluding hydrogens is 168 g/mol. The molecule has 1 N–H and O–H groups in total. The average molecular weight is 186 g/mol. The van der Waals surface area contributed by atoms with Gasteiger partial charge in [0.2, 0.25) is 0 Å². The van der Waals surface area contributed by atoms with Gasteiger partial charge < -0.3 is 14.6 Å². The Hall–Kier alpha value is -0.640. The van der Waals surface area contributed by atoms with Crippen molar-refractivity contribution in [3.05, 3.63) is 24.3 Å². The highest BCUT2D eigenvalue weighted by Crippen LogP contribution is 2.06. The van der Waals surface area contributed by atoms with Crippen LogP contribution in [0.4, 0.5) is 0 Å². The summed E-state index contributed by atoms with van der Waals surface area (Å²) in [5.74, 6) is 0. The lowest BCUT2D eigenvalue weighted by Crippen LogP contribution is -2.00. The summed E-state index contributed by atoms with van der Waals surface area (Å²) < 4.78 is 9.86. The van der Waals surface area contributed by atoms with E-state index in [0.29, 0.717) is 19.8 Å². The Morgan fingerprint density at radius 2 is 2.23 bits per heavy atom. The van der Waals surface area contributed by atoms with Crippen molar-refractivity contribution in [1.82, 2.24) is 0 Å². The van der Waals surface area contributed by atoms with Crippen molar-refractivity contribution >= 4 is 0 Å². The maximum Gasteiger partial charge on any atom is 0.146 e. The van der Waals surface area contributed by atoms with Gasteiger partial charge in [-0.3, -0.25) is 0 Å². The van der Waals surface area contributed by atoms with Gasteiger partial charge in [0.05, 0.1) is 6.61 Å². The Morgan fingerprint density at radius 1 is 1.46 bits per heavy atom. The van der Waals surface area contributed by atoms with E-state index in [-0.39, 0.29) is 6.61 Å². The first-order valence-corrected chi connectivity index (χ1v) is 4.33. The van der Waals surface area contributed by atoms with Gasteiger partial charge in [0, 0.05) is 13.7 Å². The van der Waals surface area contributed by atoms with Gasteiger partial charge in [-0.2, -0.15) is 0 Å². The molecule has 0 bridgehead atoms. The Morgan fingerprint density at radius 3 is 2.77 bits per heavy atom. The molecule has 0 aromatic rings. The van der Waals surface area contributed by atoms with Crippen LogP contribution >= 0.6 is 0 Å². The van der Waals surface area contributed by atoms with Gasteiger partial charge in [0.25, 0.3) is 0 Å². The molecule has 0 rings (SSSR count). The highest BCUT2D eigenvalue weighted by atomic mass is 16.7. The summed E-state index contributed by atoms with van der Waals surface area (Å²) in [5, 5.41) is 8.73. The van der Waals surface area contributed by atoms with Crippen molar-refractivity contribution in [2.75, 3.05) is 27.1 Å². The fraction of sp³-hybridized carbons (Fsp3) is 0.600. The van der Waals surface area contributed by atoms with E-state index in [0.717, 1.165) is 12.0 Å². The third-order valence-electron chi connectivity index (χ3n) is 1.56. The lowest BCUT2D eigenvalue weighted by molar-refractivity contribution is -0.0293. The highest BCUT2D eigenvalue weighted by molar-refractivity contribution is 5.10. The Bertz CT molecular complexity index is 152. The molecular formula is C10H18O3. The second-order valence-corrected chi connectivity index (χ2v) is 2.60. The molecule has 0 aliphatic heterocycles. The van der Waals surface area contributed by atoms with Gasteiger partial charge in [-0.05, 0) is 12.8 Å². The summed E-state index contributed by atoms with van der Waals surface area (Å²) in [6, 6.07) is 0. The second kappa shape index (κ2) is 9.45. The zero-order chi connectivity index (χ0) is 9.94. The zero-order valence-electron chi connectivity index (χ0n) is 8.16. The van der Waals surface area contributed by atoms with E-state index in [2.05, 4.69) is 6.58 Å². The predicted molar refractivity (Wildman–Crippen MR) is 52.4 cm³/mol. The first-order valence-electron chi connectivity index (χ1n) is 4.33. The third-order valence-corrected chi connectivity index (χ3v) is 1.56. The summed E-state index contributed by atoms with van der Waals surface area (Å²) in [6.45, 7) is 4.71. The molecule has 0 unspecified atom stereocenters. The number of aliphatic hydroxyl groups is 1. The van der Waals surface area contributed by atoms with E-state index in [4.69, 9.17) is 14.6 Å². The van der Waals surface area contributed by atoms with Crippen LogP contribution in [0.15, 0.2) is 24.3 Å². The standard InChI is InChI=1S/C10H18O3/c1-3-4-10(5-7-11)6-8-13-9-12-2/h3-4,11H,1,5-9H2,2H3/b10-4+. The van der Waals surface area contributed by atoms with E-state index in [1.54, 1.807) is 13.2 Å². The van der Waals surface area contributed by atoms with E-state index in [9.17, 15) is 0 Å². The van der Waals surface area contributed by atoms with Crippen molar-refractivity contribution in [3.8, 4) is 0 Å². The van der Waals surface area contributed by atoms with Crippen LogP contribution in [-0.4, -0.2) is 32.2 Å². The minimum atomic E-state index is 0.171. The molecule has 0 atom stereocenters. The smallest absolute Gasteiger partial charge is 0.146 e. The quantitative estimate of drug-likeness (QED) is 0.354. The molecule has 0 amide bonds. The van der Waals surface area contributed by atoms with Gasteiger partial charge in [0.15, 0.2) is 0 Å². The van der Waals surface area contributed by atoms with Gasteiger partial charge >= 0.3 is 0 Å². The van der Waals surface area contributed by atoms with Gasteiger partial charge in [-0.25, -0.2) is 0 Å². The molecule has 76 valence electrons. The molecule has 0 heterocycles. The number of ether oxygens (including phenoxy) is 2. The lowest BCUT2D eigenvalue weighted by Gasteiger charge is -2.05. The molecule has 0 radical (unpaired) electrons. The van der Waals surface area contributed by atoms with Gasteiger partial charge in [-0.1, -0.05) is 24.3 Å². The average Bonchev–Trinajstić information content (AvgIpc) is 2.13. The minimum absolute atomic E-state index is 0.171. The number of hydrogen-bond acceptors (Lipinski definition) is 3. The van der Waals surface area contributed by atoms with Crippen LogP contribution in [0, 0.1) is 0 Å². The summed E-state index contributed by atoms with van der Waals surface area (Å²) in [6.07, 6.45) is 5.13. The van der Waals surface area contributed by atoms with Crippen molar-refractivity contribution in [2.45, 2.75) is 12.8 Å². The molecule has 0 aliphatic rings. The second-order valence-electron chi connectivity index (χ2n) is 2.60. The van der Waals surface area contributed by atoms with Crippen LogP contribution < -0.4 is 0 Å². The molecule has 0 aliphatic carbocycles. The Labute approximate surface area is 79.7 Å². The van der Waals surface area contributed by atoms with Crippen LogP contribution in [0.25, 0.3) is 0 Å². The molecule has 0 aromatic heterocycles. The maximum absolute atomic E-state index is 8.73. The molecule has 0 aromatic carbocycles. The predicted octanol–water partition coefficient (Wildman–Crippen LogP) is 1.49. The maximum atomic E-state index is 8.73. The van der Waals surface area contributed by atoms with Crippen LogP contribution in [0.1, 0.15) is 12.8 Å². The van der Waals surface area contributed by atoms with Gasteiger partial charge in [-0.15, -0.1) is 0 Å². The van der Waals surface area contributed by atoms with Crippen LogP contribution in [-0.2, 0) is 9.47 Å². The molecule has 3 nitrogen and oxygen atoms in total. The number of hydrogen-bond donors (Lipinski definition) is 1. The molecule has 0 spiro atoms. The summed E-state index contributed by atoms with van der Waals surface area (Å²) in [4.78, 5) is 0. The summed E-state index contributed by atoms with van der Waals surface area (Å²) in [5.41, 5.74) is 1.15. The van der Waals surface area contributed by atoms with Crippen LogP contribution in [0.3, 0.4) is 0 Å². The third kappa shape index (κ3) is 7.71. The topological polar surface area (TPSA) is 38.7 Å². The summed E-state index contributed by atoms with van der Waals surface area (Å²) in [7, 11) is 1.59. The molecule has 0 saturated heterocycles. The van der Waals surface area contributed by atoms with Crippen LogP contribution in [0.2, 0.25) is 0 Å². The molecule has 13 heavy (non-hydrogen) atoms. The van der Waals surface area contributed by atoms with Crippen molar-refractivity contribution in [1.29, 1.82) is 0 Å². The lowest BCUT2D eigenvalue weighted by atomic mass is 10.1. The first kappa shape index (κ1) is 12.4. The van der Waals surface area contributed by atoms with E-state index in [1.165, 1.54) is 0 Å². The molecule has 3 heteroatoms. The normalized spacial score (nSPS) is 11.7. The number of allylic oxidation sites excluding steroid dienone is 2. The zero-order valence-corrected chi connectivity index (χ0v) is 8.16. The van der Waals surface area contributed by atoms with E-state index < -0.39 is 0 Å². The highest BCUT2D eigenvalue weighted by Gasteiger charge is 1.95. The van der Waals surface area contributed by atoms with Crippen LogP contribution in [0.5, 0.6) is 0 Å². The van der Waals surface area contributed by atoms with Crippen molar-refractivity contribution in [2.24, 2.45) is 0 Å². The Kier molecular flexibility index (Phi) is 8.98. The van der Waals surface area contributed by atoms with E-state index >= 15 is 0 Å². The molecule has 0 fully saturated rings. The fourth-order valence-electron chi connectivity index (χ4n) is 0.947. The van der Waals surface area contributed by atoms with E-state index in [1.807, 2.05) is 6.08 Å². The number of rotatable bonds is 8. The fourth-order valence-corrected chi connectivity index (χ4v) is 0.947. The SMILES string of the molecule is C=C/C=C(\CCO)CCOCOC. The van der Waals surface area contributed by atoms with Crippen molar-refractivity contribution < 1.29 is 14.6 Å². The first-order chi connectivity index (χ1) is 6.35.